The van der Waals surface area contributed by atoms with Crippen LogP contribution < -0.4 is 0 Å². The van der Waals surface area contributed by atoms with Crippen LogP contribution in [0.5, 0.6) is 0 Å². The highest BCUT2D eigenvalue weighted by atomic mass is 79.9. The van der Waals surface area contributed by atoms with Gasteiger partial charge in [0.2, 0.25) is 0 Å². The Morgan fingerprint density at radius 2 is 1.40 bits per heavy atom. The van der Waals surface area contributed by atoms with E-state index < -0.39 is 0 Å². The van der Waals surface area contributed by atoms with E-state index in [-0.39, 0.29) is 6.61 Å². The molecule has 3 nitrogen and oxygen atoms in total. The first-order valence-electron chi connectivity index (χ1n) is 10.4. The molecule has 3 aromatic rings. The molecule has 0 bridgehead atoms. The molecular weight excluding hydrogens is 438 g/mol. The Morgan fingerprint density at radius 3 is 2.03 bits per heavy atom. The van der Waals surface area contributed by atoms with Gasteiger partial charge in [-0.2, -0.15) is 0 Å². The maximum absolute atomic E-state index is 9.52. The highest BCUT2D eigenvalue weighted by Crippen LogP contribution is 2.28. The van der Waals surface area contributed by atoms with Crippen molar-refractivity contribution in [1.82, 2.24) is 4.90 Å². The summed E-state index contributed by atoms with van der Waals surface area (Å²) in [5.74, 6) is 0.442. The van der Waals surface area contributed by atoms with Gasteiger partial charge in [0.25, 0.3) is 0 Å². The summed E-state index contributed by atoms with van der Waals surface area (Å²) in [6.45, 7) is 2.72. The zero-order chi connectivity index (χ0) is 21.6. The molecule has 30 heavy (non-hydrogen) atoms. The van der Waals surface area contributed by atoms with Gasteiger partial charge in [0.1, 0.15) is 0 Å². The zero-order valence-corrected chi connectivity index (χ0v) is 19.2. The highest BCUT2D eigenvalue weighted by molar-refractivity contribution is 9.10. The van der Waals surface area contributed by atoms with Crippen LogP contribution in [0.4, 0.5) is 0 Å². The molecule has 2 N–H and O–H groups in total. The molecule has 0 aromatic heterocycles. The van der Waals surface area contributed by atoms with Crippen molar-refractivity contribution in [3.8, 4) is 0 Å². The van der Waals surface area contributed by atoms with Crippen LogP contribution in [-0.4, -0.2) is 41.9 Å². The lowest BCUT2D eigenvalue weighted by Crippen LogP contribution is -2.29. The fourth-order valence-electron chi connectivity index (χ4n) is 3.63. The lowest BCUT2D eigenvalue weighted by atomic mass is 9.89. The number of nitrogens with zero attached hydrogens (tertiary/aromatic N) is 1. The molecular formula is C26H32BrNO2. The van der Waals surface area contributed by atoms with E-state index in [0.29, 0.717) is 12.5 Å². The summed E-state index contributed by atoms with van der Waals surface area (Å²) in [4.78, 5) is 2.35. The Morgan fingerprint density at radius 1 is 0.800 bits per heavy atom. The van der Waals surface area contributed by atoms with Crippen LogP contribution in [0.15, 0.2) is 89.4 Å². The second-order valence-electron chi connectivity index (χ2n) is 7.18. The predicted molar refractivity (Wildman–Crippen MR) is 129 cm³/mol. The summed E-state index contributed by atoms with van der Waals surface area (Å²) < 4.78 is 1.17. The van der Waals surface area contributed by atoms with Crippen LogP contribution >= 0.6 is 15.9 Å². The molecule has 4 heteroatoms. The van der Waals surface area contributed by atoms with Crippen LogP contribution in [0.3, 0.4) is 0 Å². The number of aliphatic hydroxyl groups is 2. The molecule has 0 aliphatic rings. The number of halogens is 1. The van der Waals surface area contributed by atoms with Crippen molar-refractivity contribution in [3.05, 3.63) is 106 Å². The van der Waals surface area contributed by atoms with E-state index in [0.717, 1.165) is 33.0 Å². The molecule has 0 aliphatic carbocycles. The van der Waals surface area contributed by atoms with Gasteiger partial charge < -0.3 is 10.2 Å². The molecule has 0 aliphatic heterocycles. The molecule has 3 rings (SSSR count). The largest absolute Gasteiger partial charge is 0.400 e. The predicted octanol–water partition coefficient (Wildman–Crippen LogP) is 5.27. The SMILES string of the molecule is CO.OCCN(CC[C@@H](Cc1ccccc1Br)c1ccccc1)Cc1ccccc1. The van der Waals surface area contributed by atoms with Crippen LogP contribution in [-0.2, 0) is 13.0 Å². The second-order valence-corrected chi connectivity index (χ2v) is 8.03. The molecule has 1 atom stereocenters. The van der Waals surface area contributed by atoms with Crippen molar-refractivity contribution in [2.75, 3.05) is 26.8 Å². The lowest BCUT2D eigenvalue weighted by molar-refractivity contribution is 0.185. The third-order valence-electron chi connectivity index (χ3n) is 5.15. The van der Waals surface area contributed by atoms with Crippen LogP contribution in [0.2, 0.25) is 0 Å². The number of hydrogen-bond acceptors (Lipinski definition) is 3. The average Bonchev–Trinajstić information content (AvgIpc) is 2.80. The quantitative estimate of drug-likeness (QED) is 0.425. The van der Waals surface area contributed by atoms with Crippen molar-refractivity contribution in [3.63, 3.8) is 0 Å². The van der Waals surface area contributed by atoms with Gasteiger partial charge in [0.15, 0.2) is 0 Å². The van der Waals surface area contributed by atoms with E-state index >= 15 is 0 Å². The first kappa shape index (κ1) is 24.3. The first-order valence-corrected chi connectivity index (χ1v) is 11.2. The number of rotatable bonds is 10. The molecule has 0 saturated carbocycles. The molecule has 0 fully saturated rings. The van der Waals surface area contributed by atoms with E-state index in [2.05, 4.69) is 99.7 Å². The normalized spacial score (nSPS) is 11.6. The summed E-state index contributed by atoms with van der Waals surface area (Å²) in [6.07, 6.45) is 2.06. The van der Waals surface area contributed by atoms with Crippen molar-refractivity contribution in [2.24, 2.45) is 0 Å². The molecule has 0 amide bonds. The fourth-order valence-corrected chi connectivity index (χ4v) is 4.08. The molecule has 0 spiro atoms. The topological polar surface area (TPSA) is 43.7 Å². The monoisotopic (exact) mass is 469 g/mol. The van der Waals surface area contributed by atoms with Crippen LogP contribution in [0, 0.1) is 0 Å². The molecule has 0 unspecified atom stereocenters. The van der Waals surface area contributed by atoms with E-state index in [4.69, 9.17) is 5.11 Å². The highest BCUT2D eigenvalue weighted by Gasteiger charge is 2.16. The van der Waals surface area contributed by atoms with E-state index in [9.17, 15) is 5.11 Å². The van der Waals surface area contributed by atoms with E-state index in [1.165, 1.54) is 21.2 Å². The Hall–Kier alpha value is -1.98. The summed E-state index contributed by atoms with van der Waals surface area (Å²) >= 11 is 3.70. The molecule has 0 heterocycles. The molecule has 3 aromatic carbocycles. The minimum atomic E-state index is 0.188. The van der Waals surface area contributed by atoms with Gasteiger partial charge in [-0.3, -0.25) is 4.90 Å². The van der Waals surface area contributed by atoms with Crippen molar-refractivity contribution < 1.29 is 10.2 Å². The molecule has 0 saturated heterocycles. The maximum atomic E-state index is 9.52. The van der Waals surface area contributed by atoms with Gasteiger partial charge in [-0.05, 0) is 48.1 Å². The van der Waals surface area contributed by atoms with Gasteiger partial charge >= 0.3 is 0 Å². The first-order chi connectivity index (χ1) is 14.8. The van der Waals surface area contributed by atoms with Crippen LogP contribution in [0.25, 0.3) is 0 Å². The summed E-state index contributed by atoms with van der Waals surface area (Å²) in [5, 5.41) is 16.5. The molecule has 0 radical (unpaired) electrons. The fraction of sp³-hybridized carbons (Fsp3) is 0.308. The number of hydrogen-bond donors (Lipinski definition) is 2. The smallest absolute Gasteiger partial charge is 0.0558 e. The summed E-state index contributed by atoms with van der Waals surface area (Å²) in [6, 6.07) is 29.8. The second kappa shape index (κ2) is 14.1. The zero-order valence-electron chi connectivity index (χ0n) is 17.6. The van der Waals surface area contributed by atoms with Crippen molar-refractivity contribution in [2.45, 2.75) is 25.3 Å². The standard InChI is InChI=1S/C25H28BrNO.CH4O/c26-25-14-8-7-13-24(25)19-23(22-11-5-2-6-12-22)15-16-27(17-18-28)20-21-9-3-1-4-10-21;1-2/h1-14,23,28H,15-20H2;2H,1H3/t23-;/m0./s1. The van der Waals surface area contributed by atoms with Crippen molar-refractivity contribution >= 4 is 15.9 Å². The third-order valence-corrected chi connectivity index (χ3v) is 5.93. The number of benzene rings is 3. The van der Waals surface area contributed by atoms with Gasteiger partial charge in [0, 0.05) is 24.7 Å². The van der Waals surface area contributed by atoms with Gasteiger partial charge in [-0.15, -0.1) is 0 Å². The van der Waals surface area contributed by atoms with E-state index in [1.54, 1.807) is 0 Å². The Balaban J connectivity index is 0.00000155. The van der Waals surface area contributed by atoms with E-state index in [1.807, 2.05) is 6.07 Å². The third kappa shape index (κ3) is 8.04. The summed E-state index contributed by atoms with van der Waals surface area (Å²) in [7, 11) is 1.00. The minimum Gasteiger partial charge on any atom is -0.400 e. The van der Waals surface area contributed by atoms with Crippen molar-refractivity contribution in [1.29, 1.82) is 0 Å². The number of aliphatic hydroxyl groups excluding tert-OH is 2. The Labute approximate surface area is 189 Å². The molecule has 160 valence electrons. The lowest BCUT2D eigenvalue weighted by Gasteiger charge is -2.25. The minimum absolute atomic E-state index is 0.188. The van der Waals surface area contributed by atoms with Gasteiger partial charge in [0.05, 0.1) is 6.61 Å². The van der Waals surface area contributed by atoms with Gasteiger partial charge in [-0.25, -0.2) is 0 Å². The van der Waals surface area contributed by atoms with Gasteiger partial charge in [-0.1, -0.05) is 94.8 Å². The Bertz CT molecular complexity index is 827. The maximum Gasteiger partial charge on any atom is 0.0558 e. The summed E-state index contributed by atoms with van der Waals surface area (Å²) in [5.41, 5.74) is 4.01. The Kier molecular flexibility index (Phi) is 11.4. The average molecular weight is 470 g/mol. The van der Waals surface area contributed by atoms with Crippen LogP contribution in [0.1, 0.15) is 29.0 Å².